The topological polar surface area (TPSA) is 118 Å². The normalized spacial score (nSPS) is 18.4. The third-order valence-corrected chi connectivity index (χ3v) is 5.18. The van der Waals surface area contributed by atoms with Crippen molar-refractivity contribution in [1.29, 1.82) is 0 Å². The summed E-state index contributed by atoms with van der Waals surface area (Å²) in [6.45, 7) is 1.08. The van der Waals surface area contributed by atoms with E-state index in [1.165, 1.54) is 18.3 Å². The molecule has 0 aliphatic carbocycles. The Morgan fingerprint density at radius 2 is 2.00 bits per heavy atom. The van der Waals surface area contributed by atoms with Gasteiger partial charge in [-0.05, 0) is 36.4 Å². The van der Waals surface area contributed by atoms with E-state index in [1.807, 2.05) is 4.90 Å². The van der Waals surface area contributed by atoms with Gasteiger partial charge < -0.3 is 25.4 Å². The molecule has 1 aliphatic rings. The van der Waals surface area contributed by atoms with Crippen LogP contribution in [-0.4, -0.2) is 59.8 Å². The number of hydrogen-bond acceptors (Lipinski definition) is 7. The van der Waals surface area contributed by atoms with Crippen LogP contribution in [0.1, 0.15) is 10.4 Å². The van der Waals surface area contributed by atoms with Gasteiger partial charge in [0.05, 0.1) is 23.4 Å². The van der Waals surface area contributed by atoms with Gasteiger partial charge in [0.2, 0.25) is 0 Å². The predicted molar refractivity (Wildman–Crippen MR) is 114 cm³/mol. The maximum Gasteiger partial charge on any atom is 0.573 e. The number of benzene rings is 1. The van der Waals surface area contributed by atoms with E-state index >= 15 is 0 Å². The molecule has 174 valence electrons. The number of ether oxygens (including phenoxy) is 2. The Hall–Kier alpha value is -3.64. The molecule has 1 aliphatic heterocycles. The molecule has 2 atom stereocenters. The van der Waals surface area contributed by atoms with Crippen molar-refractivity contribution in [2.75, 3.05) is 30.4 Å². The highest BCUT2D eigenvalue weighted by molar-refractivity contribution is 6.05. The molecule has 1 saturated heterocycles. The van der Waals surface area contributed by atoms with E-state index in [-0.39, 0.29) is 23.5 Å². The number of nitrogens with two attached hydrogens (primary N) is 1. The van der Waals surface area contributed by atoms with E-state index in [9.17, 15) is 18.0 Å². The molecule has 0 spiro atoms. The molecule has 33 heavy (non-hydrogen) atoms. The second kappa shape index (κ2) is 9.08. The lowest BCUT2D eigenvalue weighted by atomic mass is 10.1. The Morgan fingerprint density at radius 3 is 2.61 bits per heavy atom. The molecule has 1 fully saturated rings. The maximum absolute atomic E-state index is 12.8. The van der Waals surface area contributed by atoms with Gasteiger partial charge in [-0.1, -0.05) is 0 Å². The summed E-state index contributed by atoms with van der Waals surface area (Å²) < 4.78 is 46.2. The highest BCUT2D eigenvalue weighted by Crippen LogP contribution is 2.31. The number of pyridine rings is 1. The minimum atomic E-state index is -4.79. The molecule has 4 N–H and O–H groups in total. The number of H-pyrrole nitrogens is 1. The average molecular weight is 462 g/mol. The maximum atomic E-state index is 12.8. The zero-order valence-electron chi connectivity index (χ0n) is 17.5. The number of methoxy groups -OCH3 is 1. The van der Waals surface area contributed by atoms with Gasteiger partial charge in [-0.15, -0.1) is 13.2 Å². The lowest BCUT2D eigenvalue weighted by Crippen LogP contribution is -2.34. The van der Waals surface area contributed by atoms with E-state index in [0.717, 1.165) is 12.1 Å². The smallest absolute Gasteiger partial charge is 0.406 e. The minimum Gasteiger partial charge on any atom is -0.406 e. The lowest BCUT2D eigenvalue weighted by molar-refractivity contribution is -0.274. The van der Waals surface area contributed by atoms with Gasteiger partial charge in [-0.2, -0.15) is 5.10 Å². The summed E-state index contributed by atoms with van der Waals surface area (Å²) in [5.74, 6) is -0.238. The number of anilines is 2. The molecular formula is C21H21F3N6O3. The first kappa shape index (κ1) is 22.6. The summed E-state index contributed by atoms with van der Waals surface area (Å²) in [6.07, 6.45) is -1.92. The number of hydrogen-bond donors (Lipinski definition) is 3. The van der Waals surface area contributed by atoms with E-state index in [4.69, 9.17) is 10.5 Å². The number of rotatable bonds is 6. The fraction of sp³-hybridized carbons (Fsp3) is 0.286. The zero-order chi connectivity index (χ0) is 23.6. The van der Waals surface area contributed by atoms with Crippen molar-refractivity contribution in [3.8, 4) is 17.0 Å². The summed E-state index contributed by atoms with van der Waals surface area (Å²) in [5, 5.41) is 9.49. The molecule has 1 amide bonds. The second-order valence-electron chi connectivity index (χ2n) is 7.43. The Labute approximate surface area is 186 Å². The summed E-state index contributed by atoms with van der Waals surface area (Å²) in [4.78, 5) is 19.3. The van der Waals surface area contributed by atoms with Crippen LogP contribution < -0.4 is 20.7 Å². The number of aromatic amines is 1. The van der Waals surface area contributed by atoms with Crippen molar-refractivity contribution in [1.82, 2.24) is 15.2 Å². The van der Waals surface area contributed by atoms with Gasteiger partial charge in [0, 0.05) is 43.8 Å². The fourth-order valence-electron chi connectivity index (χ4n) is 3.60. The van der Waals surface area contributed by atoms with E-state index in [1.54, 1.807) is 25.4 Å². The van der Waals surface area contributed by atoms with Crippen molar-refractivity contribution >= 4 is 17.4 Å². The molecule has 0 bridgehead atoms. The Bertz CT molecular complexity index is 1110. The Morgan fingerprint density at radius 1 is 1.24 bits per heavy atom. The molecule has 2 aromatic heterocycles. The Balaban J connectivity index is 1.56. The molecule has 0 saturated carbocycles. The number of carbonyl (C=O) groups is 1. The van der Waals surface area contributed by atoms with Crippen molar-refractivity contribution < 1.29 is 27.4 Å². The molecule has 12 heteroatoms. The highest BCUT2D eigenvalue weighted by atomic mass is 19.4. The summed E-state index contributed by atoms with van der Waals surface area (Å²) >= 11 is 0. The van der Waals surface area contributed by atoms with E-state index in [0.29, 0.717) is 35.9 Å². The Kier molecular flexibility index (Phi) is 6.20. The number of carbonyl (C=O) groups excluding carboxylic acids is 1. The molecular weight excluding hydrogens is 441 g/mol. The van der Waals surface area contributed by atoms with Crippen LogP contribution in [0.5, 0.6) is 5.75 Å². The van der Waals surface area contributed by atoms with Crippen LogP contribution in [-0.2, 0) is 4.74 Å². The fourth-order valence-corrected chi connectivity index (χ4v) is 3.60. The van der Waals surface area contributed by atoms with Crippen molar-refractivity contribution in [2.24, 2.45) is 5.73 Å². The highest BCUT2D eigenvalue weighted by Gasteiger charge is 2.33. The van der Waals surface area contributed by atoms with Gasteiger partial charge in [-0.25, -0.2) is 4.98 Å². The summed E-state index contributed by atoms with van der Waals surface area (Å²) in [5.41, 5.74) is 8.01. The van der Waals surface area contributed by atoms with Gasteiger partial charge >= 0.3 is 6.36 Å². The molecule has 9 nitrogen and oxygen atoms in total. The van der Waals surface area contributed by atoms with Gasteiger partial charge in [-0.3, -0.25) is 9.89 Å². The molecule has 0 radical (unpaired) electrons. The van der Waals surface area contributed by atoms with Crippen LogP contribution in [0.25, 0.3) is 11.3 Å². The predicted octanol–water partition coefficient (Wildman–Crippen LogP) is 2.78. The number of amides is 1. The number of halogens is 3. The number of nitrogens with one attached hydrogen (secondary N) is 2. The molecule has 0 unspecified atom stereocenters. The van der Waals surface area contributed by atoms with Crippen LogP contribution in [0.15, 0.2) is 48.8 Å². The van der Waals surface area contributed by atoms with Crippen LogP contribution >= 0.6 is 0 Å². The molecule has 3 aromatic rings. The monoisotopic (exact) mass is 462 g/mol. The van der Waals surface area contributed by atoms with Gasteiger partial charge in [0.15, 0.2) is 0 Å². The van der Waals surface area contributed by atoms with Gasteiger partial charge in [0.25, 0.3) is 5.91 Å². The minimum absolute atomic E-state index is 0.145. The zero-order valence-corrected chi connectivity index (χ0v) is 17.5. The summed E-state index contributed by atoms with van der Waals surface area (Å²) in [7, 11) is 1.60. The average Bonchev–Trinajstić information content (AvgIpc) is 3.43. The SMILES string of the molecule is CO[C@@H]1CN(c2ncc(C(=O)Nc3ccc(OC(F)(F)F)cc3)cc2-c2ccn[nH]2)C[C@H]1N. The second-order valence-corrected chi connectivity index (χ2v) is 7.43. The number of alkyl halides is 3. The molecule has 1 aromatic carbocycles. The van der Waals surface area contributed by atoms with E-state index in [2.05, 4.69) is 25.2 Å². The van der Waals surface area contributed by atoms with Crippen LogP contribution in [0, 0.1) is 0 Å². The van der Waals surface area contributed by atoms with E-state index < -0.39 is 12.3 Å². The number of nitrogens with zero attached hydrogens (tertiary/aromatic N) is 3. The van der Waals surface area contributed by atoms with Crippen LogP contribution in [0.3, 0.4) is 0 Å². The first-order valence-corrected chi connectivity index (χ1v) is 9.94. The first-order valence-electron chi connectivity index (χ1n) is 9.94. The van der Waals surface area contributed by atoms with Crippen LogP contribution in [0.2, 0.25) is 0 Å². The van der Waals surface area contributed by atoms with Crippen molar-refractivity contribution in [3.63, 3.8) is 0 Å². The number of aromatic nitrogens is 3. The van der Waals surface area contributed by atoms with Crippen LogP contribution in [0.4, 0.5) is 24.7 Å². The molecule has 4 rings (SSSR count). The van der Waals surface area contributed by atoms with Crippen molar-refractivity contribution in [2.45, 2.75) is 18.5 Å². The molecule has 3 heterocycles. The first-order chi connectivity index (χ1) is 15.7. The quantitative estimate of drug-likeness (QED) is 0.516. The van der Waals surface area contributed by atoms with Crippen molar-refractivity contribution in [3.05, 3.63) is 54.4 Å². The third-order valence-electron chi connectivity index (χ3n) is 5.18. The largest absolute Gasteiger partial charge is 0.573 e. The standard InChI is InChI=1S/C21H21F3N6O3/c1-32-18-11-30(10-16(18)25)19-15(17-6-7-27-29-17)8-12(9-26-19)20(31)28-13-2-4-14(5-3-13)33-21(22,23)24/h2-9,16,18H,10-11,25H2,1H3,(H,27,29)(H,28,31)/t16-,18-/m1/s1. The third kappa shape index (κ3) is 5.23. The summed E-state index contributed by atoms with van der Waals surface area (Å²) in [6, 6.07) is 8.09. The van der Waals surface area contributed by atoms with Gasteiger partial charge in [0.1, 0.15) is 11.6 Å². The lowest BCUT2D eigenvalue weighted by Gasteiger charge is -2.20.